The van der Waals surface area contributed by atoms with Crippen LogP contribution in [0.4, 0.5) is 0 Å². The Morgan fingerprint density at radius 1 is 1.14 bits per heavy atom. The number of para-hydroxylation sites is 1. The van der Waals surface area contributed by atoms with Crippen LogP contribution in [0.1, 0.15) is 48.7 Å². The van der Waals surface area contributed by atoms with E-state index in [1.54, 1.807) is 6.92 Å². The van der Waals surface area contributed by atoms with E-state index < -0.39 is 18.6 Å². The molecule has 152 valence electrons. The summed E-state index contributed by atoms with van der Waals surface area (Å²) < 4.78 is 5.30. The van der Waals surface area contributed by atoms with Crippen LogP contribution in [-0.2, 0) is 19.1 Å². The molecule has 1 saturated carbocycles. The summed E-state index contributed by atoms with van der Waals surface area (Å²) in [5.74, 6) is -2.26. The Labute approximate surface area is 168 Å². The number of imide groups is 1. The first kappa shape index (κ1) is 19.4. The Morgan fingerprint density at radius 3 is 2.41 bits per heavy atom. The molecule has 1 saturated heterocycles. The number of fused-ring (bicyclic) bond motifs is 2. The summed E-state index contributed by atoms with van der Waals surface area (Å²) in [6, 6.07) is 7.43. The predicted octanol–water partition coefficient (Wildman–Crippen LogP) is 2.77. The molecule has 29 heavy (non-hydrogen) atoms. The van der Waals surface area contributed by atoms with Crippen LogP contribution >= 0.6 is 0 Å². The number of benzene rings is 1. The molecule has 3 atom stereocenters. The molecule has 1 N–H and O–H groups in total. The number of hydrogen-bond acceptors (Lipinski definition) is 5. The minimum absolute atomic E-state index is 0.289. The zero-order valence-corrected chi connectivity index (χ0v) is 16.6. The Kier molecular flexibility index (Phi) is 4.98. The fourth-order valence-electron chi connectivity index (χ4n) is 4.60. The number of carbonyl (C=O) groups is 4. The lowest BCUT2D eigenvalue weighted by Crippen LogP contribution is -2.38. The number of rotatable bonds is 5. The fraction of sp³-hybridized carbons (Fsp3) is 0.455. The number of aryl methyl sites for hydroxylation is 1. The molecule has 2 aromatic rings. The van der Waals surface area contributed by atoms with E-state index >= 15 is 0 Å². The van der Waals surface area contributed by atoms with Crippen molar-refractivity contribution in [3.63, 3.8) is 0 Å². The van der Waals surface area contributed by atoms with Crippen LogP contribution in [0.15, 0.2) is 24.3 Å². The van der Waals surface area contributed by atoms with Gasteiger partial charge >= 0.3 is 5.97 Å². The number of ether oxygens (including phenoxy) is 1. The van der Waals surface area contributed by atoms with E-state index in [1.165, 1.54) is 6.92 Å². The number of aromatic amines is 1. The van der Waals surface area contributed by atoms with E-state index in [0.717, 1.165) is 28.6 Å². The molecule has 2 heterocycles. The van der Waals surface area contributed by atoms with Crippen molar-refractivity contribution in [2.45, 2.75) is 45.6 Å². The maximum absolute atomic E-state index is 12.9. The van der Waals surface area contributed by atoms with E-state index in [2.05, 4.69) is 4.98 Å². The molecule has 1 aromatic carbocycles. The zero-order chi connectivity index (χ0) is 20.7. The maximum atomic E-state index is 12.9. The molecule has 4 rings (SSSR count). The predicted molar refractivity (Wildman–Crippen MR) is 105 cm³/mol. The molecule has 3 unspecified atom stereocenters. The first-order valence-electron chi connectivity index (χ1n) is 10.0. The van der Waals surface area contributed by atoms with Gasteiger partial charge in [0.25, 0.3) is 0 Å². The summed E-state index contributed by atoms with van der Waals surface area (Å²) >= 11 is 0. The van der Waals surface area contributed by atoms with Gasteiger partial charge in [-0.1, -0.05) is 31.0 Å². The molecular formula is C22H24N2O5. The minimum Gasteiger partial charge on any atom is -0.453 e. The third-order valence-electron chi connectivity index (χ3n) is 6.04. The van der Waals surface area contributed by atoms with Gasteiger partial charge in [-0.05, 0) is 32.8 Å². The molecule has 0 bridgehead atoms. The van der Waals surface area contributed by atoms with E-state index in [-0.39, 0.29) is 29.4 Å². The number of nitrogens with zero attached hydrogens (tertiary/aromatic N) is 1. The second-order valence-corrected chi connectivity index (χ2v) is 7.93. The fourth-order valence-corrected chi connectivity index (χ4v) is 4.60. The van der Waals surface area contributed by atoms with Gasteiger partial charge in [0, 0.05) is 22.2 Å². The van der Waals surface area contributed by atoms with Gasteiger partial charge in [0.05, 0.1) is 11.8 Å². The third kappa shape index (κ3) is 3.34. The molecule has 7 nitrogen and oxygen atoms in total. The smallest absolute Gasteiger partial charge is 0.326 e. The van der Waals surface area contributed by atoms with Crippen LogP contribution < -0.4 is 0 Å². The number of hydrogen-bond donors (Lipinski definition) is 1. The summed E-state index contributed by atoms with van der Waals surface area (Å²) in [5.41, 5.74) is 2.02. The SMILES string of the molecule is Cc1[nH]c2ccccc2c1C(=O)C(C)OC(=O)CN1C(=O)C2CCCCC2C1=O. The first-order chi connectivity index (χ1) is 13.9. The first-order valence-corrected chi connectivity index (χ1v) is 10.0. The molecule has 2 fully saturated rings. The second kappa shape index (κ2) is 7.46. The molecular weight excluding hydrogens is 372 g/mol. The molecule has 1 aliphatic carbocycles. The summed E-state index contributed by atoms with van der Waals surface area (Å²) in [7, 11) is 0. The molecule has 2 aliphatic rings. The summed E-state index contributed by atoms with van der Waals surface area (Å²) in [6.07, 6.45) is 2.21. The number of ketones is 1. The average molecular weight is 396 g/mol. The molecule has 1 aliphatic heterocycles. The van der Waals surface area contributed by atoms with Crippen LogP contribution in [0.5, 0.6) is 0 Å². The van der Waals surface area contributed by atoms with Crippen molar-refractivity contribution in [2.24, 2.45) is 11.8 Å². The quantitative estimate of drug-likeness (QED) is 0.476. The van der Waals surface area contributed by atoms with Gasteiger partial charge in [0.15, 0.2) is 6.10 Å². The number of H-pyrrole nitrogens is 1. The number of Topliss-reactive ketones (excluding diaryl/α,β-unsaturated/α-hetero) is 1. The van der Waals surface area contributed by atoms with Crippen molar-refractivity contribution in [1.82, 2.24) is 9.88 Å². The topological polar surface area (TPSA) is 96.5 Å². The Hall–Kier alpha value is -2.96. The van der Waals surface area contributed by atoms with Crippen LogP contribution in [0.2, 0.25) is 0 Å². The second-order valence-electron chi connectivity index (χ2n) is 7.93. The highest BCUT2D eigenvalue weighted by atomic mass is 16.5. The Morgan fingerprint density at radius 2 is 1.76 bits per heavy atom. The monoisotopic (exact) mass is 396 g/mol. The Bertz CT molecular complexity index is 984. The van der Waals surface area contributed by atoms with Crippen molar-refractivity contribution in [1.29, 1.82) is 0 Å². The van der Waals surface area contributed by atoms with Gasteiger partial charge in [-0.25, -0.2) is 0 Å². The van der Waals surface area contributed by atoms with Crippen LogP contribution in [0.3, 0.4) is 0 Å². The summed E-state index contributed by atoms with van der Waals surface area (Å²) in [5, 5.41) is 0.770. The molecule has 0 radical (unpaired) electrons. The van der Waals surface area contributed by atoms with Gasteiger partial charge in [-0.3, -0.25) is 24.1 Å². The van der Waals surface area contributed by atoms with Gasteiger partial charge in [-0.2, -0.15) is 0 Å². The molecule has 1 aromatic heterocycles. The zero-order valence-electron chi connectivity index (χ0n) is 16.6. The van der Waals surface area contributed by atoms with Crippen molar-refractivity contribution in [2.75, 3.05) is 6.54 Å². The van der Waals surface area contributed by atoms with Crippen molar-refractivity contribution in [3.05, 3.63) is 35.5 Å². The number of esters is 1. The highest BCUT2D eigenvalue weighted by Crippen LogP contribution is 2.37. The van der Waals surface area contributed by atoms with Gasteiger partial charge in [-0.15, -0.1) is 0 Å². The van der Waals surface area contributed by atoms with Crippen LogP contribution in [0.25, 0.3) is 10.9 Å². The average Bonchev–Trinajstić information content (AvgIpc) is 3.16. The lowest BCUT2D eigenvalue weighted by Gasteiger charge is -2.19. The van der Waals surface area contributed by atoms with E-state index in [1.807, 2.05) is 24.3 Å². The number of amides is 2. The third-order valence-corrected chi connectivity index (χ3v) is 6.04. The highest BCUT2D eigenvalue weighted by Gasteiger charge is 2.48. The molecule has 2 amide bonds. The van der Waals surface area contributed by atoms with Gasteiger partial charge < -0.3 is 9.72 Å². The van der Waals surface area contributed by atoms with Crippen molar-refractivity contribution in [3.8, 4) is 0 Å². The lowest BCUT2D eigenvalue weighted by molar-refractivity contribution is -0.154. The van der Waals surface area contributed by atoms with Crippen molar-refractivity contribution < 1.29 is 23.9 Å². The van der Waals surface area contributed by atoms with Crippen LogP contribution in [-0.4, -0.2) is 46.1 Å². The van der Waals surface area contributed by atoms with E-state index in [9.17, 15) is 19.2 Å². The van der Waals surface area contributed by atoms with Crippen molar-refractivity contribution >= 4 is 34.5 Å². The van der Waals surface area contributed by atoms with E-state index in [4.69, 9.17) is 4.74 Å². The summed E-state index contributed by atoms with van der Waals surface area (Å²) in [6.45, 7) is 2.87. The van der Waals surface area contributed by atoms with Gasteiger partial charge in [0.2, 0.25) is 17.6 Å². The minimum atomic E-state index is -1.02. The van der Waals surface area contributed by atoms with E-state index in [0.29, 0.717) is 24.1 Å². The number of aromatic nitrogens is 1. The normalized spacial score (nSPS) is 22.6. The van der Waals surface area contributed by atoms with Crippen LogP contribution in [0, 0.1) is 18.8 Å². The largest absolute Gasteiger partial charge is 0.453 e. The maximum Gasteiger partial charge on any atom is 0.326 e. The molecule has 0 spiro atoms. The van der Waals surface area contributed by atoms with Gasteiger partial charge in [0.1, 0.15) is 6.54 Å². The molecule has 7 heteroatoms. The number of nitrogens with one attached hydrogen (secondary N) is 1. The lowest BCUT2D eigenvalue weighted by atomic mass is 9.81. The number of likely N-dealkylation sites (tertiary alicyclic amines) is 1. The highest BCUT2D eigenvalue weighted by molar-refractivity contribution is 6.12. The summed E-state index contributed by atoms with van der Waals surface area (Å²) in [4.78, 5) is 54.5. The standard InChI is InChI=1S/C22H24N2O5/c1-12-19(16-9-5-6-10-17(16)23-12)20(26)13(2)29-18(25)11-24-21(27)14-7-3-4-8-15(14)22(24)28/h5-6,9-10,13-15,23H,3-4,7-8,11H2,1-2H3. The Balaban J connectivity index is 1.44. The number of carbonyl (C=O) groups excluding carboxylic acids is 4.